The van der Waals surface area contributed by atoms with Gasteiger partial charge >= 0.3 is 5.97 Å². The number of nitrogens with two attached hydrogens (primary N) is 1. The Morgan fingerprint density at radius 1 is 1.50 bits per heavy atom. The summed E-state index contributed by atoms with van der Waals surface area (Å²) in [5, 5.41) is 10.8. The van der Waals surface area contributed by atoms with Crippen LogP contribution in [-0.4, -0.2) is 28.9 Å². The quantitative estimate of drug-likeness (QED) is 0.643. The molecule has 0 saturated carbocycles. The maximum atomic E-state index is 11.4. The number of carboxylic acids is 1. The molecule has 1 aromatic heterocycles. The maximum absolute atomic E-state index is 11.4. The molecule has 2 amide bonds. The SMILES string of the molecule is CC(NC(=O)c1cc(C(=O)O)co1)C(N)=O. The summed E-state index contributed by atoms with van der Waals surface area (Å²) in [6, 6.07) is 0.205. The highest BCUT2D eigenvalue weighted by molar-refractivity contribution is 5.97. The van der Waals surface area contributed by atoms with Gasteiger partial charge in [-0.25, -0.2) is 4.79 Å². The van der Waals surface area contributed by atoms with E-state index >= 15 is 0 Å². The zero-order valence-corrected chi connectivity index (χ0v) is 8.39. The summed E-state index contributed by atoms with van der Waals surface area (Å²) in [7, 11) is 0. The number of carboxylic acid groups (broad SMARTS) is 1. The second-order valence-corrected chi connectivity index (χ2v) is 3.10. The number of hydrogen-bond acceptors (Lipinski definition) is 4. The Hall–Kier alpha value is -2.31. The predicted molar refractivity (Wildman–Crippen MR) is 51.8 cm³/mol. The van der Waals surface area contributed by atoms with Gasteiger partial charge in [0.15, 0.2) is 5.76 Å². The number of nitrogens with one attached hydrogen (secondary N) is 1. The molecule has 0 aliphatic rings. The number of carbonyl (C=O) groups is 3. The zero-order valence-electron chi connectivity index (χ0n) is 8.39. The molecule has 0 aromatic carbocycles. The molecular weight excluding hydrogens is 216 g/mol. The van der Waals surface area contributed by atoms with Crippen LogP contribution < -0.4 is 11.1 Å². The van der Waals surface area contributed by atoms with Crippen LogP contribution in [-0.2, 0) is 4.79 Å². The number of hydrogen-bond donors (Lipinski definition) is 3. The zero-order chi connectivity index (χ0) is 12.3. The lowest BCUT2D eigenvalue weighted by atomic mass is 10.3. The minimum Gasteiger partial charge on any atom is -0.478 e. The van der Waals surface area contributed by atoms with Crippen molar-refractivity contribution in [3.63, 3.8) is 0 Å². The summed E-state index contributed by atoms with van der Waals surface area (Å²) in [6.07, 6.45) is 0.937. The van der Waals surface area contributed by atoms with Crippen LogP contribution in [0.5, 0.6) is 0 Å². The van der Waals surface area contributed by atoms with Gasteiger partial charge in [0.2, 0.25) is 5.91 Å². The average Bonchev–Trinajstić information content (AvgIpc) is 2.65. The summed E-state index contributed by atoms with van der Waals surface area (Å²) in [4.78, 5) is 32.6. The first-order chi connectivity index (χ1) is 7.41. The van der Waals surface area contributed by atoms with E-state index in [0.717, 1.165) is 12.3 Å². The smallest absolute Gasteiger partial charge is 0.338 e. The van der Waals surface area contributed by atoms with Crippen molar-refractivity contribution in [1.29, 1.82) is 0 Å². The molecule has 1 atom stereocenters. The van der Waals surface area contributed by atoms with Crippen LogP contribution in [0.2, 0.25) is 0 Å². The Kier molecular flexibility index (Phi) is 3.29. The maximum Gasteiger partial charge on any atom is 0.338 e. The summed E-state index contributed by atoms with van der Waals surface area (Å²) in [5.41, 5.74) is 4.80. The molecule has 0 aliphatic heterocycles. The van der Waals surface area contributed by atoms with Crippen molar-refractivity contribution >= 4 is 17.8 Å². The van der Waals surface area contributed by atoms with Gasteiger partial charge in [0.1, 0.15) is 12.3 Å². The Morgan fingerprint density at radius 2 is 2.12 bits per heavy atom. The molecule has 86 valence electrons. The van der Waals surface area contributed by atoms with Crippen LogP contribution in [0.3, 0.4) is 0 Å². The van der Waals surface area contributed by atoms with Crippen molar-refractivity contribution in [3.05, 3.63) is 23.7 Å². The van der Waals surface area contributed by atoms with Crippen LogP contribution in [0, 0.1) is 0 Å². The molecule has 7 heteroatoms. The van der Waals surface area contributed by atoms with Gasteiger partial charge in [-0.1, -0.05) is 0 Å². The molecule has 1 rings (SSSR count). The van der Waals surface area contributed by atoms with Crippen LogP contribution >= 0.6 is 0 Å². The summed E-state index contributed by atoms with van der Waals surface area (Å²) in [5.74, 6) is -2.78. The third kappa shape index (κ3) is 2.59. The Bertz CT molecular complexity index is 437. The van der Waals surface area contributed by atoms with Crippen molar-refractivity contribution in [2.45, 2.75) is 13.0 Å². The Balaban J connectivity index is 2.73. The van der Waals surface area contributed by atoms with Gasteiger partial charge in [0.25, 0.3) is 5.91 Å². The van der Waals surface area contributed by atoms with Crippen molar-refractivity contribution in [3.8, 4) is 0 Å². The highest BCUT2D eigenvalue weighted by Crippen LogP contribution is 2.07. The first kappa shape index (κ1) is 11.8. The van der Waals surface area contributed by atoms with E-state index in [0.29, 0.717) is 0 Å². The fraction of sp³-hybridized carbons (Fsp3) is 0.222. The second kappa shape index (κ2) is 4.47. The lowest BCUT2D eigenvalue weighted by Crippen LogP contribution is -2.42. The van der Waals surface area contributed by atoms with Gasteiger partial charge in [0.05, 0.1) is 5.56 Å². The molecule has 1 aromatic rings. The summed E-state index contributed by atoms with van der Waals surface area (Å²) < 4.78 is 4.72. The van der Waals surface area contributed by atoms with Crippen molar-refractivity contribution in [2.24, 2.45) is 5.73 Å². The topological polar surface area (TPSA) is 123 Å². The molecule has 0 fully saturated rings. The van der Waals surface area contributed by atoms with E-state index in [1.165, 1.54) is 6.92 Å². The molecular formula is C9H10N2O5. The first-order valence-electron chi connectivity index (χ1n) is 4.34. The third-order valence-electron chi connectivity index (χ3n) is 1.84. The molecule has 1 heterocycles. The normalized spacial score (nSPS) is 11.8. The highest BCUT2D eigenvalue weighted by Gasteiger charge is 2.18. The molecule has 7 nitrogen and oxygen atoms in total. The lowest BCUT2D eigenvalue weighted by molar-refractivity contribution is -0.119. The molecule has 0 aliphatic carbocycles. The molecule has 4 N–H and O–H groups in total. The third-order valence-corrected chi connectivity index (χ3v) is 1.84. The largest absolute Gasteiger partial charge is 0.478 e. The molecule has 0 saturated heterocycles. The number of carbonyl (C=O) groups excluding carboxylic acids is 2. The second-order valence-electron chi connectivity index (χ2n) is 3.10. The number of rotatable bonds is 4. The van der Waals surface area contributed by atoms with Gasteiger partial charge < -0.3 is 20.6 Å². The van der Waals surface area contributed by atoms with Gasteiger partial charge in [-0.15, -0.1) is 0 Å². The Morgan fingerprint density at radius 3 is 2.56 bits per heavy atom. The average molecular weight is 226 g/mol. The van der Waals surface area contributed by atoms with E-state index in [1.807, 2.05) is 0 Å². The van der Waals surface area contributed by atoms with E-state index in [2.05, 4.69) is 5.32 Å². The summed E-state index contributed by atoms with van der Waals surface area (Å²) >= 11 is 0. The van der Waals surface area contributed by atoms with Gasteiger partial charge in [-0.05, 0) is 6.92 Å². The molecule has 1 unspecified atom stereocenters. The van der Waals surface area contributed by atoms with Gasteiger partial charge in [-0.3, -0.25) is 9.59 Å². The molecule has 0 radical (unpaired) electrons. The van der Waals surface area contributed by atoms with Crippen molar-refractivity contribution in [2.75, 3.05) is 0 Å². The number of furan rings is 1. The summed E-state index contributed by atoms with van der Waals surface area (Å²) in [6.45, 7) is 1.40. The number of primary amides is 1. The monoisotopic (exact) mass is 226 g/mol. The fourth-order valence-electron chi connectivity index (χ4n) is 0.906. The van der Waals surface area contributed by atoms with Crippen LogP contribution in [0.25, 0.3) is 0 Å². The molecule has 0 spiro atoms. The van der Waals surface area contributed by atoms with E-state index in [4.69, 9.17) is 15.3 Å². The number of amides is 2. The standard InChI is InChI=1S/C9H10N2O5/c1-4(7(10)12)11-8(13)6-2-5(3-16-6)9(14)15/h2-4H,1H3,(H2,10,12)(H,11,13)(H,14,15). The fourth-order valence-corrected chi connectivity index (χ4v) is 0.906. The lowest BCUT2D eigenvalue weighted by Gasteiger charge is -2.07. The van der Waals surface area contributed by atoms with Crippen LogP contribution in [0.1, 0.15) is 27.8 Å². The van der Waals surface area contributed by atoms with E-state index in [1.54, 1.807) is 0 Å². The van der Waals surface area contributed by atoms with Gasteiger partial charge in [0, 0.05) is 6.07 Å². The van der Waals surface area contributed by atoms with Crippen LogP contribution in [0.15, 0.2) is 16.7 Å². The molecule has 0 bridgehead atoms. The highest BCUT2D eigenvalue weighted by atomic mass is 16.4. The molecule has 16 heavy (non-hydrogen) atoms. The van der Waals surface area contributed by atoms with Crippen LogP contribution in [0.4, 0.5) is 0 Å². The van der Waals surface area contributed by atoms with E-state index < -0.39 is 23.8 Å². The predicted octanol–water partition coefficient (Wildman–Crippen LogP) is -0.419. The minimum atomic E-state index is -1.20. The number of aromatic carboxylic acids is 1. The Labute approximate surface area is 90.2 Å². The van der Waals surface area contributed by atoms with E-state index in [-0.39, 0.29) is 11.3 Å². The minimum absolute atomic E-state index is 0.142. The van der Waals surface area contributed by atoms with E-state index in [9.17, 15) is 14.4 Å². The van der Waals surface area contributed by atoms with Crippen molar-refractivity contribution < 1.29 is 23.9 Å². The first-order valence-corrected chi connectivity index (χ1v) is 4.34. The van der Waals surface area contributed by atoms with Crippen molar-refractivity contribution in [1.82, 2.24) is 5.32 Å². The van der Waals surface area contributed by atoms with Gasteiger partial charge in [-0.2, -0.15) is 0 Å².